The smallest absolute Gasteiger partial charge is 0.326 e. The lowest BCUT2D eigenvalue weighted by Crippen LogP contribution is -2.59. The summed E-state index contributed by atoms with van der Waals surface area (Å²) in [6, 6.07) is 8.88. The number of hydrogen-bond acceptors (Lipinski definition) is 9. The van der Waals surface area contributed by atoms with Crippen molar-refractivity contribution in [2.75, 3.05) is 19.6 Å². The highest BCUT2D eigenvalue weighted by Gasteiger charge is 2.32. The van der Waals surface area contributed by atoms with Crippen LogP contribution in [0.5, 0.6) is 0 Å². The molecule has 20 nitrogen and oxygen atoms in total. The van der Waals surface area contributed by atoms with Gasteiger partial charge in [-0.3, -0.25) is 29.2 Å². The number of benzene rings is 2. The summed E-state index contributed by atoms with van der Waals surface area (Å²) < 4.78 is 0. The van der Waals surface area contributed by atoms with Crippen LogP contribution in [0.1, 0.15) is 56.1 Å². The normalized spacial score (nSPS) is 13.6. The van der Waals surface area contributed by atoms with Crippen LogP contribution in [-0.4, -0.2) is 106 Å². The van der Waals surface area contributed by atoms with Crippen molar-refractivity contribution in [2.45, 2.75) is 88.0 Å². The summed E-state index contributed by atoms with van der Waals surface area (Å²) in [4.78, 5) is 82.1. The highest BCUT2D eigenvalue weighted by molar-refractivity contribution is 5.96. The molecule has 5 atom stereocenters. The molecule has 324 valence electrons. The van der Waals surface area contributed by atoms with Gasteiger partial charge < -0.3 is 70.7 Å². The fraction of sp³-hybridized carbons (Fsp3) is 0.425. The van der Waals surface area contributed by atoms with Crippen molar-refractivity contribution >= 4 is 63.3 Å². The zero-order valence-corrected chi connectivity index (χ0v) is 33.5. The molecule has 19 N–H and O–H groups in total. The highest BCUT2D eigenvalue weighted by Crippen LogP contribution is 2.21. The Morgan fingerprint density at radius 1 is 0.583 bits per heavy atom. The molecule has 4 aromatic rings. The van der Waals surface area contributed by atoms with Crippen LogP contribution in [0.15, 0.2) is 70.9 Å². The first-order chi connectivity index (χ1) is 28.8. The van der Waals surface area contributed by atoms with Gasteiger partial charge in [-0.05, 0) is 74.8 Å². The molecule has 0 aliphatic carbocycles. The van der Waals surface area contributed by atoms with E-state index >= 15 is 0 Å². The maximum atomic E-state index is 14.2. The van der Waals surface area contributed by atoms with E-state index in [0.29, 0.717) is 31.4 Å². The van der Waals surface area contributed by atoms with Crippen LogP contribution in [0, 0.1) is 0 Å². The number of carbonyl (C=O) groups excluding carboxylic acids is 4. The first kappa shape index (κ1) is 46.0. The lowest BCUT2D eigenvalue weighted by atomic mass is 10.0. The van der Waals surface area contributed by atoms with Gasteiger partial charge in [0.25, 0.3) is 0 Å². The Morgan fingerprint density at radius 2 is 1.02 bits per heavy atom. The summed E-state index contributed by atoms with van der Waals surface area (Å²) in [5.41, 5.74) is 36.8. The van der Waals surface area contributed by atoms with Gasteiger partial charge in [0.15, 0.2) is 11.9 Å². The van der Waals surface area contributed by atoms with Crippen LogP contribution in [0.4, 0.5) is 0 Å². The number of hydrogen-bond donors (Lipinski definition) is 13. The predicted octanol–water partition coefficient (Wildman–Crippen LogP) is -0.978. The highest BCUT2D eigenvalue weighted by atomic mass is 16.4. The molecular formula is C40H58N14O6. The second-order valence-electron chi connectivity index (χ2n) is 14.5. The number of aliphatic carboxylic acids is 1. The molecule has 2 heterocycles. The fourth-order valence-electron chi connectivity index (χ4n) is 6.73. The van der Waals surface area contributed by atoms with Crippen LogP contribution in [-0.2, 0) is 36.8 Å². The van der Waals surface area contributed by atoms with E-state index in [4.69, 9.17) is 34.4 Å². The van der Waals surface area contributed by atoms with Crippen molar-refractivity contribution in [3.05, 3.63) is 72.1 Å². The number of carboxylic acid groups (broad SMARTS) is 1. The third-order valence-electron chi connectivity index (χ3n) is 9.91. The number of H-pyrrole nitrogens is 2. The van der Waals surface area contributed by atoms with Gasteiger partial charge in [-0.2, -0.15) is 0 Å². The van der Waals surface area contributed by atoms with Crippen molar-refractivity contribution in [1.29, 1.82) is 0 Å². The lowest BCUT2D eigenvalue weighted by Gasteiger charge is -2.26. The van der Waals surface area contributed by atoms with E-state index in [1.54, 1.807) is 12.4 Å². The van der Waals surface area contributed by atoms with Crippen molar-refractivity contribution in [1.82, 2.24) is 31.2 Å². The molecule has 0 fully saturated rings. The van der Waals surface area contributed by atoms with Crippen molar-refractivity contribution in [2.24, 2.45) is 44.4 Å². The van der Waals surface area contributed by atoms with E-state index in [9.17, 15) is 29.1 Å². The molecule has 4 rings (SSSR count). The number of nitrogens with zero attached hydrogens (tertiary/aromatic N) is 2. The minimum absolute atomic E-state index is 0.0254. The molecule has 0 aliphatic rings. The second kappa shape index (κ2) is 23.1. The molecule has 4 amide bonds. The maximum Gasteiger partial charge on any atom is 0.326 e. The van der Waals surface area contributed by atoms with Gasteiger partial charge in [-0.15, -0.1) is 0 Å². The van der Waals surface area contributed by atoms with Gasteiger partial charge in [-0.25, -0.2) is 4.79 Å². The topological polar surface area (TPSA) is 366 Å². The number of carbonyl (C=O) groups is 5. The number of amides is 4. The Kier molecular flexibility index (Phi) is 17.7. The van der Waals surface area contributed by atoms with Crippen LogP contribution < -0.4 is 55.7 Å². The number of unbranched alkanes of at least 4 members (excludes halogenated alkanes) is 1. The monoisotopic (exact) mass is 830 g/mol. The number of fused-ring (bicyclic) bond motifs is 2. The van der Waals surface area contributed by atoms with E-state index in [0.717, 1.165) is 27.4 Å². The number of aromatic nitrogens is 2. The summed E-state index contributed by atoms with van der Waals surface area (Å²) >= 11 is 0. The Bertz CT molecular complexity index is 2120. The van der Waals surface area contributed by atoms with Crippen molar-refractivity contribution in [3.63, 3.8) is 0 Å². The van der Waals surface area contributed by atoms with Crippen molar-refractivity contribution in [3.8, 4) is 0 Å². The number of aliphatic imine (C=N–C) groups is 2. The van der Waals surface area contributed by atoms with E-state index in [1.807, 2.05) is 48.5 Å². The molecule has 60 heavy (non-hydrogen) atoms. The van der Waals surface area contributed by atoms with Gasteiger partial charge in [-0.1, -0.05) is 36.4 Å². The molecule has 2 aromatic heterocycles. The fourth-order valence-corrected chi connectivity index (χ4v) is 6.73. The molecular weight excluding hydrogens is 773 g/mol. The van der Waals surface area contributed by atoms with Gasteiger partial charge in [0.2, 0.25) is 23.6 Å². The summed E-state index contributed by atoms with van der Waals surface area (Å²) in [7, 11) is 0. The molecule has 0 saturated carbocycles. The number of aromatic amines is 2. The third kappa shape index (κ3) is 14.0. The Labute approximate surface area is 347 Å². The predicted molar refractivity (Wildman–Crippen MR) is 230 cm³/mol. The zero-order valence-electron chi connectivity index (χ0n) is 33.5. The number of carboxylic acids is 1. The molecule has 2 aromatic carbocycles. The average molecular weight is 831 g/mol. The largest absolute Gasteiger partial charge is 0.480 e. The van der Waals surface area contributed by atoms with E-state index < -0.39 is 59.8 Å². The number of guanidine groups is 2. The Balaban J connectivity index is 1.56. The van der Waals surface area contributed by atoms with Gasteiger partial charge in [0.05, 0.1) is 6.04 Å². The van der Waals surface area contributed by atoms with Crippen LogP contribution in [0.2, 0.25) is 0 Å². The third-order valence-corrected chi connectivity index (χ3v) is 9.91. The van der Waals surface area contributed by atoms with Crippen LogP contribution >= 0.6 is 0 Å². The molecule has 0 radical (unpaired) electrons. The Hall–Kier alpha value is -6.67. The first-order valence-corrected chi connectivity index (χ1v) is 19.9. The Morgan fingerprint density at radius 3 is 1.52 bits per heavy atom. The molecule has 0 unspecified atom stereocenters. The number of rotatable bonds is 25. The number of nitrogens with two attached hydrogens (primary N) is 6. The first-order valence-electron chi connectivity index (χ1n) is 19.9. The zero-order chi connectivity index (χ0) is 43.6. The van der Waals surface area contributed by atoms with Crippen LogP contribution in [0.3, 0.4) is 0 Å². The van der Waals surface area contributed by atoms with Crippen LogP contribution in [0.25, 0.3) is 21.8 Å². The van der Waals surface area contributed by atoms with Gasteiger partial charge >= 0.3 is 5.97 Å². The molecule has 0 bridgehead atoms. The summed E-state index contributed by atoms with van der Waals surface area (Å²) in [6.07, 6.45) is 5.43. The number of para-hydroxylation sites is 2. The second-order valence-corrected chi connectivity index (χ2v) is 14.5. The maximum absolute atomic E-state index is 14.2. The lowest BCUT2D eigenvalue weighted by molar-refractivity contribution is -0.142. The molecule has 0 spiro atoms. The standard InChI is InChI=1S/C40H58N14O6/c41-16-6-5-14-30(52-37(58)32(19-23-21-49-28-12-3-1-9-25(23)28)53-34(55)27(42)11-7-17-47-39(43)44)35(56)51-31(15-8-18-48-40(45)46)36(57)54-33(38(59)60)20-24-22-50-29-13-4-2-10-26(24)29/h1-4,9-10,12-13,21-22,27,30-33,49-50H,5-8,11,14-20,41-42H2,(H,51,56)(H,52,58)(H,53,55)(H,54,57)(H,59,60)(H4,43,44,47)(H4,45,46,48)/t27-,30-,31-,32-,33-/m0/s1. The molecule has 0 saturated heterocycles. The van der Waals surface area contributed by atoms with E-state index in [-0.39, 0.29) is 63.5 Å². The summed E-state index contributed by atoms with van der Waals surface area (Å²) in [5, 5.41) is 22.6. The van der Waals surface area contributed by atoms with Gasteiger partial charge in [0, 0.05) is 60.1 Å². The van der Waals surface area contributed by atoms with E-state index in [1.165, 1.54) is 0 Å². The SMILES string of the molecule is NCCCC[C@H](NC(=O)[C@H](Cc1c[nH]c2ccccc12)NC(=O)[C@@H](N)CCCN=C(N)N)C(=O)N[C@@H](CCCN=C(N)N)C(=O)N[C@@H](Cc1c[nH]c2ccccc12)C(=O)O. The van der Waals surface area contributed by atoms with E-state index in [2.05, 4.69) is 41.2 Å². The van der Waals surface area contributed by atoms with Crippen molar-refractivity contribution < 1.29 is 29.1 Å². The number of nitrogens with one attached hydrogen (secondary N) is 6. The molecule has 20 heteroatoms. The molecule has 0 aliphatic heterocycles. The quantitative estimate of drug-likeness (QED) is 0.0218. The summed E-state index contributed by atoms with van der Waals surface area (Å²) in [5.74, 6) is -4.26. The van der Waals surface area contributed by atoms with Gasteiger partial charge in [0.1, 0.15) is 24.2 Å². The minimum atomic E-state index is -1.35. The average Bonchev–Trinajstić information content (AvgIpc) is 3.83. The summed E-state index contributed by atoms with van der Waals surface area (Å²) in [6.45, 7) is 0.712. The minimum Gasteiger partial charge on any atom is -0.480 e.